The van der Waals surface area contributed by atoms with Gasteiger partial charge in [-0.05, 0) is 67.5 Å². The van der Waals surface area contributed by atoms with Crippen LogP contribution < -0.4 is 5.32 Å². The summed E-state index contributed by atoms with van der Waals surface area (Å²) >= 11 is 1.88. The fraction of sp³-hybridized carbons (Fsp3) is 0.714. The molecule has 0 radical (unpaired) electrons. The summed E-state index contributed by atoms with van der Waals surface area (Å²) in [6.45, 7) is 4.54. The SMILES string of the molecule is Cc1ccsc1CNCC1CC2CCC1C2. The minimum Gasteiger partial charge on any atom is -0.312 e. The second-order valence-corrected chi connectivity index (χ2v) is 6.59. The Labute approximate surface area is 102 Å². The predicted octanol–water partition coefficient (Wildman–Crippen LogP) is 3.58. The van der Waals surface area contributed by atoms with Gasteiger partial charge < -0.3 is 5.32 Å². The highest BCUT2D eigenvalue weighted by Crippen LogP contribution is 2.47. The van der Waals surface area contributed by atoms with Crippen LogP contribution in [0.5, 0.6) is 0 Å². The first-order chi connectivity index (χ1) is 7.83. The van der Waals surface area contributed by atoms with E-state index in [2.05, 4.69) is 23.7 Å². The third kappa shape index (κ3) is 2.05. The Balaban J connectivity index is 1.46. The Morgan fingerprint density at radius 3 is 2.94 bits per heavy atom. The molecule has 1 heterocycles. The van der Waals surface area contributed by atoms with Gasteiger partial charge in [0, 0.05) is 11.4 Å². The van der Waals surface area contributed by atoms with Crippen molar-refractivity contribution in [2.24, 2.45) is 17.8 Å². The first-order valence-electron chi connectivity index (χ1n) is 6.56. The molecule has 2 saturated carbocycles. The molecule has 2 fully saturated rings. The van der Waals surface area contributed by atoms with Crippen LogP contribution in [0, 0.1) is 24.7 Å². The van der Waals surface area contributed by atoms with Crippen molar-refractivity contribution in [2.45, 2.75) is 39.2 Å². The van der Waals surface area contributed by atoms with Crippen molar-refractivity contribution in [1.29, 1.82) is 0 Å². The highest BCUT2D eigenvalue weighted by molar-refractivity contribution is 7.10. The Bertz CT molecular complexity index is 357. The van der Waals surface area contributed by atoms with Gasteiger partial charge in [-0.25, -0.2) is 0 Å². The average molecular weight is 235 g/mol. The van der Waals surface area contributed by atoms with E-state index in [1.165, 1.54) is 42.7 Å². The van der Waals surface area contributed by atoms with E-state index in [1.807, 2.05) is 11.3 Å². The lowest BCUT2D eigenvalue weighted by Crippen LogP contribution is -2.26. The summed E-state index contributed by atoms with van der Waals surface area (Å²) in [4.78, 5) is 1.52. The number of aryl methyl sites for hydroxylation is 1. The highest BCUT2D eigenvalue weighted by atomic mass is 32.1. The zero-order valence-electron chi connectivity index (χ0n) is 10.0. The number of nitrogens with one attached hydrogen (secondary N) is 1. The molecule has 0 aromatic carbocycles. The summed E-state index contributed by atoms with van der Waals surface area (Å²) in [6, 6.07) is 2.22. The molecular formula is C14H21NS. The molecule has 2 bridgehead atoms. The molecule has 2 aliphatic carbocycles. The van der Waals surface area contributed by atoms with E-state index in [0.717, 1.165) is 24.3 Å². The molecule has 1 aromatic rings. The van der Waals surface area contributed by atoms with E-state index in [-0.39, 0.29) is 0 Å². The molecule has 88 valence electrons. The van der Waals surface area contributed by atoms with Gasteiger partial charge in [0.05, 0.1) is 0 Å². The Morgan fingerprint density at radius 1 is 1.38 bits per heavy atom. The van der Waals surface area contributed by atoms with E-state index >= 15 is 0 Å². The largest absolute Gasteiger partial charge is 0.312 e. The van der Waals surface area contributed by atoms with E-state index in [9.17, 15) is 0 Å². The van der Waals surface area contributed by atoms with Crippen LogP contribution in [0.4, 0.5) is 0 Å². The number of rotatable bonds is 4. The van der Waals surface area contributed by atoms with Gasteiger partial charge in [0.1, 0.15) is 0 Å². The molecule has 0 amide bonds. The van der Waals surface area contributed by atoms with Crippen LogP contribution in [0.3, 0.4) is 0 Å². The quantitative estimate of drug-likeness (QED) is 0.841. The Morgan fingerprint density at radius 2 is 2.31 bits per heavy atom. The second kappa shape index (κ2) is 4.50. The van der Waals surface area contributed by atoms with Crippen molar-refractivity contribution in [3.05, 3.63) is 21.9 Å². The van der Waals surface area contributed by atoms with E-state index in [4.69, 9.17) is 0 Å². The van der Waals surface area contributed by atoms with Crippen LogP contribution in [0.1, 0.15) is 36.1 Å². The Hall–Kier alpha value is -0.340. The monoisotopic (exact) mass is 235 g/mol. The van der Waals surface area contributed by atoms with Gasteiger partial charge in [0.2, 0.25) is 0 Å². The zero-order valence-corrected chi connectivity index (χ0v) is 10.9. The summed E-state index contributed by atoms with van der Waals surface area (Å²) in [5.41, 5.74) is 1.45. The van der Waals surface area contributed by atoms with Crippen molar-refractivity contribution < 1.29 is 0 Å². The van der Waals surface area contributed by atoms with Gasteiger partial charge in [-0.3, -0.25) is 0 Å². The lowest BCUT2D eigenvalue weighted by molar-refractivity contribution is 0.319. The predicted molar refractivity (Wildman–Crippen MR) is 69.7 cm³/mol. The van der Waals surface area contributed by atoms with Crippen LogP contribution in [0.25, 0.3) is 0 Å². The summed E-state index contributed by atoms with van der Waals surface area (Å²) in [6.07, 6.45) is 6.06. The van der Waals surface area contributed by atoms with Gasteiger partial charge in [-0.15, -0.1) is 11.3 Å². The van der Waals surface area contributed by atoms with Gasteiger partial charge in [0.25, 0.3) is 0 Å². The maximum Gasteiger partial charge on any atom is 0.0302 e. The van der Waals surface area contributed by atoms with Crippen molar-refractivity contribution in [2.75, 3.05) is 6.54 Å². The molecule has 2 aliphatic rings. The van der Waals surface area contributed by atoms with Crippen molar-refractivity contribution in [3.8, 4) is 0 Å². The van der Waals surface area contributed by atoms with E-state index in [0.29, 0.717) is 0 Å². The van der Waals surface area contributed by atoms with Crippen LogP contribution in [0.2, 0.25) is 0 Å². The summed E-state index contributed by atoms with van der Waals surface area (Å²) < 4.78 is 0. The third-order valence-electron chi connectivity index (χ3n) is 4.54. The van der Waals surface area contributed by atoms with Gasteiger partial charge in [-0.1, -0.05) is 6.42 Å². The summed E-state index contributed by atoms with van der Waals surface area (Å²) in [7, 11) is 0. The van der Waals surface area contributed by atoms with Crippen LogP contribution in [-0.4, -0.2) is 6.54 Å². The molecular weight excluding hydrogens is 214 g/mol. The van der Waals surface area contributed by atoms with Crippen LogP contribution in [0.15, 0.2) is 11.4 Å². The van der Waals surface area contributed by atoms with E-state index in [1.54, 1.807) is 0 Å². The van der Waals surface area contributed by atoms with Gasteiger partial charge >= 0.3 is 0 Å². The molecule has 3 rings (SSSR count). The smallest absolute Gasteiger partial charge is 0.0302 e. The third-order valence-corrected chi connectivity index (χ3v) is 5.57. The number of fused-ring (bicyclic) bond motifs is 2. The van der Waals surface area contributed by atoms with Crippen LogP contribution >= 0.6 is 11.3 Å². The second-order valence-electron chi connectivity index (χ2n) is 5.59. The lowest BCUT2D eigenvalue weighted by Gasteiger charge is -2.21. The normalized spacial score (nSPS) is 32.4. The number of thiophene rings is 1. The maximum absolute atomic E-state index is 3.67. The van der Waals surface area contributed by atoms with Gasteiger partial charge in [-0.2, -0.15) is 0 Å². The van der Waals surface area contributed by atoms with Crippen molar-refractivity contribution in [3.63, 3.8) is 0 Å². The fourth-order valence-electron chi connectivity index (χ4n) is 3.58. The highest BCUT2D eigenvalue weighted by Gasteiger charge is 2.38. The molecule has 0 saturated heterocycles. The molecule has 3 unspecified atom stereocenters. The first-order valence-corrected chi connectivity index (χ1v) is 7.44. The fourth-order valence-corrected chi connectivity index (χ4v) is 4.46. The van der Waals surface area contributed by atoms with Gasteiger partial charge in [0.15, 0.2) is 0 Å². The minimum absolute atomic E-state index is 0.985. The summed E-state index contributed by atoms with van der Waals surface area (Å²) in [5, 5.41) is 5.86. The summed E-state index contributed by atoms with van der Waals surface area (Å²) in [5.74, 6) is 3.13. The first kappa shape index (κ1) is 10.8. The van der Waals surface area contributed by atoms with E-state index < -0.39 is 0 Å². The molecule has 16 heavy (non-hydrogen) atoms. The molecule has 3 atom stereocenters. The topological polar surface area (TPSA) is 12.0 Å². The van der Waals surface area contributed by atoms with Crippen molar-refractivity contribution in [1.82, 2.24) is 5.32 Å². The molecule has 0 aliphatic heterocycles. The van der Waals surface area contributed by atoms with Crippen LogP contribution in [-0.2, 0) is 6.54 Å². The number of hydrogen-bond acceptors (Lipinski definition) is 2. The number of hydrogen-bond donors (Lipinski definition) is 1. The molecule has 1 N–H and O–H groups in total. The molecule has 1 nitrogen and oxygen atoms in total. The zero-order chi connectivity index (χ0) is 11.0. The molecule has 1 aromatic heterocycles. The standard InChI is InChI=1S/C14H21NS/c1-10-4-5-16-14(10)9-15-8-13-7-11-2-3-12(13)6-11/h4-5,11-13,15H,2-3,6-9H2,1H3. The Kier molecular flexibility index (Phi) is 3.03. The minimum atomic E-state index is 0.985. The average Bonchev–Trinajstić information content (AvgIpc) is 2.96. The molecule has 0 spiro atoms. The molecule has 2 heteroatoms. The lowest BCUT2D eigenvalue weighted by atomic mass is 9.89. The van der Waals surface area contributed by atoms with Crippen molar-refractivity contribution >= 4 is 11.3 Å². The maximum atomic E-state index is 3.67.